The molecular formula is C17H19N3O5. The number of fused-ring (bicyclic) bond motifs is 1. The molecule has 8 nitrogen and oxygen atoms in total. The van der Waals surface area contributed by atoms with Crippen LogP contribution in [0.2, 0.25) is 0 Å². The number of nitrogens with one attached hydrogen (secondary N) is 1. The van der Waals surface area contributed by atoms with Crippen molar-refractivity contribution in [1.82, 2.24) is 10.2 Å². The Balaban J connectivity index is 1.82. The second-order valence-corrected chi connectivity index (χ2v) is 6.28. The van der Waals surface area contributed by atoms with Gasteiger partial charge in [-0.1, -0.05) is 17.7 Å². The maximum Gasteiger partial charge on any atom is 0.329 e. The van der Waals surface area contributed by atoms with E-state index in [2.05, 4.69) is 5.32 Å². The summed E-state index contributed by atoms with van der Waals surface area (Å²) in [7, 11) is 0. The molecule has 2 heterocycles. The molecule has 0 aliphatic carbocycles. The molecule has 2 atom stereocenters. The minimum Gasteiger partial charge on any atom is -0.481 e. The van der Waals surface area contributed by atoms with Crippen molar-refractivity contribution in [3.05, 3.63) is 29.8 Å². The van der Waals surface area contributed by atoms with E-state index < -0.39 is 30.0 Å². The predicted octanol–water partition coefficient (Wildman–Crippen LogP) is 0.886. The number of carboxylic acid groups (broad SMARTS) is 1. The summed E-state index contributed by atoms with van der Waals surface area (Å²) in [5, 5.41) is 11.5. The second kappa shape index (κ2) is 6.54. The zero-order chi connectivity index (χ0) is 18.1. The van der Waals surface area contributed by atoms with Crippen molar-refractivity contribution in [2.75, 3.05) is 11.4 Å². The van der Waals surface area contributed by atoms with Crippen LogP contribution in [0.1, 0.15) is 24.8 Å². The van der Waals surface area contributed by atoms with E-state index in [1.54, 1.807) is 24.3 Å². The molecule has 1 aromatic rings. The molecule has 0 aromatic heterocycles. The highest BCUT2D eigenvalue weighted by Gasteiger charge is 2.49. The van der Waals surface area contributed by atoms with E-state index in [1.165, 1.54) is 4.90 Å². The topological polar surface area (TPSA) is 107 Å². The fraction of sp³-hybridized carbons (Fsp3) is 0.412. The van der Waals surface area contributed by atoms with Gasteiger partial charge in [0.05, 0.1) is 18.2 Å². The molecule has 2 N–H and O–H groups in total. The van der Waals surface area contributed by atoms with Crippen LogP contribution in [0.4, 0.5) is 10.5 Å². The summed E-state index contributed by atoms with van der Waals surface area (Å²) in [6, 6.07) is 5.22. The minimum atomic E-state index is -1.06. The van der Waals surface area contributed by atoms with Crippen LogP contribution in [0.25, 0.3) is 0 Å². The van der Waals surface area contributed by atoms with Gasteiger partial charge in [0.2, 0.25) is 5.91 Å². The van der Waals surface area contributed by atoms with Crippen molar-refractivity contribution in [2.45, 2.75) is 38.3 Å². The van der Waals surface area contributed by atoms with Crippen molar-refractivity contribution < 1.29 is 24.3 Å². The first-order chi connectivity index (χ1) is 11.9. The lowest BCUT2D eigenvalue weighted by Crippen LogP contribution is -2.65. The number of benzene rings is 1. The summed E-state index contributed by atoms with van der Waals surface area (Å²) in [6.07, 6.45) is 0.0297. The molecule has 1 aromatic carbocycles. The number of aryl methyl sites for hydroxylation is 1. The monoisotopic (exact) mass is 345 g/mol. The maximum atomic E-state index is 12.9. The van der Waals surface area contributed by atoms with Crippen molar-refractivity contribution in [3.63, 3.8) is 0 Å². The largest absolute Gasteiger partial charge is 0.481 e. The van der Waals surface area contributed by atoms with Gasteiger partial charge in [-0.2, -0.15) is 0 Å². The summed E-state index contributed by atoms with van der Waals surface area (Å²) >= 11 is 0. The van der Waals surface area contributed by atoms with Crippen LogP contribution < -0.4 is 10.2 Å². The molecule has 2 fully saturated rings. The molecule has 132 valence electrons. The molecule has 4 amide bonds. The number of urea groups is 1. The first-order valence-corrected chi connectivity index (χ1v) is 8.11. The number of nitrogens with zero attached hydrogens (tertiary/aromatic N) is 2. The third kappa shape index (κ3) is 3.19. The van der Waals surface area contributed by atoms with Gasteiger partial charge in [-0.15, -0.1) is 0 Å². The van der Waals surface area contributed by atoms with Gasteiger partial charge in [0.15, 0.2) is 0 Å². The number of amides is 4. The molecule has 2 aliphatic heterocycles. The van der Waals surface area contributed by atoms with Crippen molar-refractivity contribution in [2.24, 2.45) is 0 Å². The first kappa shape index (κ1) is 16.9. The molecule has 2 saturated heterocycles. The molecule has 0 spiro atoms. The number of carbonyl (C=O) groups excluding carboxylic acids is 3. The number of carbonyl (C=O) groups is 4. The average Bonchev–Trinajstić information content (AvgIpc) is 2.98. The second-order valence-electron chi connectivity index (χ2n) is 6.28. The fourth-order valence-corrected chi connectivity index (χ4v) is 3.28. The van der Waals surface area contributed by atoms with Crippen molar-refractivity contribution in [1.29, 1.82) is 0 Å². The molecule has 0 radical (unpaired) electrons. The van der Waals surface area contributed by atoms with Crippen LogP contribution in [-0.4, -0.2) is 52.4 Å². The lowest BCUT2D eigenvalue weighted by molar-refractivity contribution is -0.142. The Bertz CT molecular complexity index is 730. The van der Waals surface area contributed by atoms with Gasteiger partial charge in [0, 0.05) is 13.0 Å². The zero-order valence-electron chi connectivity index (χ0n) is 13.8. The van der Waals surface area contributed by atoms with Gasteiger partial charge >= 0.3 is 12.0 Å². The van der Waals surface area contributed by atoms with Crippen LogP contribution in [0.3, 0.4) is 0 Å². The quantitative estimate of drug-likeness (QED) is 0.843. The Hall–Kier alpha value is -2.90. The van der Waals surface area contributed by atoms with Crippen molar-refractivity contribution in [3.8, 4) is 0 Å². The highest BCUT2D eigenvalue weighted by Crippen LogP contribution is 2.28. The molecule has 0 bridgehead atoms. The number of carboxylic acids is 1. The van der Waals surface area contributed by atoms with Gasteiger partial charge in [0.1, 0.15) is 6.04 Å². The number of anilines is 1. The Kier molecular flexibility index (Phi) is 4.43. The van der Waals surface area contributed by atoms with Crippen LogP contribution in [-0.2, 0) is 14.4 Å². The van der Waals surface area contributed by atoms with E-state index in [0.29, 0.717) is 18.7 Å². The smallest absolute Gasteiger partial charge is 0.329 e. The number of aliphatic carboxylic acids is 1. The van der Waals surface area contributed by atoms with E-state index in [9.17, 15) is 19.2 Å². The summed E-state index contributed by atoms with van der Waals surface area (Å²) in [6.45, 7) is 2.22. The van der Waals surface area contributed by atoms with E-state index in [-0.39, 0.29) is 18.7 Å². The molecule has 3 rings (SSSR count). The lowest BCUT2D eigenvalue weighted by Gasteiger charge is -2.36. The van der Waals surface area contributed by atoms with Gasteiger partial charge in [-0.05, 0) is 25.5 Å². The third-order valence-corrected chi connectivity index (χ3v) is 4.55. The molecular weight excluding hydrogens is 326 g/mol. The Morgan fingerprint density at radius 3 is 2.52 bits per heavy atom. The van der Waals surface area contributed by atoms with Gasteiger partial charge in [-0.25, -0.2) is 9.69 Å². The van der Waals surface area contributed by atoms with E-state index in [0.717, 1.165) is 10.5 Å². The summed E-state index contributed by atoms with van der Waals surface area (Å²) in [5.74, 6) is -1.91. The van der Waals surface area contributed by atoms with Gasteiger partial charge in [-0.3, -0.25) is 14.4 Å². The van der Waals surface area contributed by atoms with E-state index in [1.807, 2.05) is 6.92 Å². The van der Waals surface area contributed by atoms with E-state index in [4.69, 9.17) is 5.11 Å². The van der Waals surface area contributed by atoms with Gasteiger partial charge in [0.25, 0.3) is 5.91 Å². The zero-order valence-corrected chi connectivity index (χ0v) is 13.8. The highest BCUT2D eigenvalue weighted by atomic mass is 16.4. The van der Waals surface area contributed by atoms with Crippen molar-refractivity contribution >= 4 is 29.5 Å². The van der Waals surface area contributed by atoms with E-state index >= 15 is 0 Å². The number of rotatable bonds is 4. The molecule has 0 saturated carbocycles. The molecule has 8 heteroatoms. The maximum absolute atomic E-state index is 12.9. The SMILES string of the molecule is Cc1ccc(N2C(=O)N[C@@H]3CCN(C(=O)CCC(=O)O)[C@@H]3C2=O)cc1. The van der Waals surface area contributed by atoms with Crippen LogP contribution >= 0.6 is 0 Å². The number of likely N-dealkylation sites (tertiary alicyclic amines) is 1. The minimum absolute atomic E-state index is 0.162. The van der Waals surface area contributed by atoms with Crippen LogP contribution in [0, 0.1) is 6.92 Å². The predicted molar refractivity (Wildman–Crippen MR) is 88.0 cm³/mol. The molecule has 25 heavy (non-hydrogen) atoms. The normalized spacial score (nSPS) is 22.6. The van der Waals surface area contributed by atoms with Crippen LogP contribution in [0.5, 0.6) is 0 Å². The van der Waals surface area contributed by atoms with Crippen LogP contribution in [0.15, 0.2) is 24.3 Å². The third-order valence-electron chi connectivity index (χ3n) is 4.55. The van der Waals surface area contributed by atoms with Gasteiger partial charge < -0.3 is 15.3 Å². The summed E-state index contributed by atoms with van der Waals surface area (Å²) < 4.78 is 0. The molecule has 0 unspecified atom stereocenters. The number of imide groups is 1. The fourth-order valence-electron chi connectivity index (χ4n) is 3.28. The Labute approximate surface area is 144 Å². The highest BCUT2D eigenvalue weighted by molar-refractivity contribution is 6.19. The summed E-state index contributed by atoms with van der Waals surface area (Å²) in [4.78, 5) is 50.6. The average molecular weight is 345 g/mol. The lowest BCUT2D eigenvalue weighted by atomic mass is 10.0. The number of hydrogen-bond acceptors (Lipinski definition) is 4. The summed E-state index contributed by atoms with van der Waals surface area (Å²) in [5.41, 5.74) is 1.44. The first-order valence-electron chi connectivity index (χ1n) is 8.11. The Morgan fingerprint density at radius 2 is 1.88 bits per heavy atom. The number of hydrogen-bond donors (Lipinski definition) is 2. The Morgan fingerprint density at radius 1 is 1.20 bits per heavy atom. The standard InChI is InChI=1S/C17H19N3O5/c1-10-2-4-11(5-3-10)20-16(24)15-12(18-17(20)25)8-9-19(15)13(21)6-7-14(22)23/h2-5,12,15H,6-9H2,1H3,(H,18,25)(H,22,23)/t12-,15+/m1/s1. The molecule has 2 aliphatic rings.